The van der Waals surface area contributed by atoms with E-state index < -0.39 is 4.33 Å². The fourth-order valence-corrected chi connectivity index (χ4v) is 1.96. The molecule has 0 radical (unpaired) electrons. The van der Waals surface area contributed by atoms with Gasteiger partial charge in [0.1, 0.15) is 0 Å². The van der Waals surface area contributed by atoms with Gasteiger partial charge in [-0.1, -0.05) is 46.4 Å². The fraction of sp³-hybridized carbons (Fsp3) is 0.667. The predicted molar refractivity (Wildman–Crippen MR) is 47.0 cm³/mol. The van der Waals surface area contributed by atoms with Crippen LogP contribution in [0, 0.1) is 0 Å². The van der Waals surface area contributed by atoms with Gasteiger partial charge in [-0.2, -0.15) is 0 Å². The molecule has 0 aromatic carbocycles. The van der Waals surface area contributed by atoms with Gasteiger partial charge in [-0.25, -0.2) is 0 Å². The van der Waals surface area contributed by atoms with Crippen LogP contribution in [0.4, 0.5) is 0 Å². The number of hydrogen-bond acceptors (Lipinski definition) is 0. The van der Waals surface area contributed by atoms with Gasteiger partial charge in [0.2, 0.25) is 0 Å². The van der Waals surface area contributed by atoms with Gasteiger partial charge in [-0.3, -0.25) is 0 Å². The molecule has 1 aliphatic carbocycles. The Kier molecular flexibility index (Phi) is 2.79. The second-order valence-electron chi connectivity index (χ2n) is 2.28. The molecule has 0 fully saturated rings. The highest BCUT2D eigenvalue weighted by molar-refractivity contribution is 6.57. The number of halogens is 4. The van der Waals surface area contributed by atoms with Crippen LogP contribution >= 0.6 is 46.4 Å². The Morgan fingerprint density at radius 1 is 1.20 bits per heavy atom. The molecule has 1 rings (SSSR count). The first-order chi connectivity index (χ1) is 4.54. The molecule has 10 heavy (non-hydrogen) atoms. The Morgan fingerprint density at radius 3 is 2.20 bits per heavy atom. The maximum atomic E-state index is 5.81. The molecule has 1 aliphatic rings. The van der Waals surface area contributed by atoms with E-state index in [9.17, 15) is 0 Å². The van der Waals surface area contributed by atoms with Crippen LogP contribution in [-0.4, -0.2) is 4.33 Å². The quantitative estimate of drug-likeness (QED) is 0.540. The van der Waals surface area contributed by atoms with E-state index in [1.165, 1.54) is 0 Å². The molecule has 0 amide bonds. The van der Waals surface area contributed by atoms with Gasteiger partial charge in [0.15, 0.2) is 4.33 Å². The Morgan fingerprint density at radius 2 is 1.80 bits per heavy atom. The number of allylic oxidation sites excluding steroid dienone is 2. The summed E-state index contributed by atoms with van der Waals surface area (Å²) in [5.74, 6) is 0. The minimum Gasteiger partial charge on any atom is -0.0953 e. The minimum atomic E-state index is -0.934. The lowest BCUT2D eigenvalue weighted by atomic mass is 10.1. The number of alkyl halides is 2. The highest BCUT2D eigenvalue weighted by Crippen LogP contribution is 2.45. The van der Waals surface area contributed by atoms with Crippen LogP contribution in [-0.2, 0) is 0 Å². The Labute approximate surface area is 80.1 Å². The third-order valence-corrected chi connectivity index (χ3v) is 3.42. The van der Waals surface area contributed by atoms with Crippen LogP contribution in [0.25, 0.3) is 0 Å². The van der Waals surface area contributed by atoms with Gasteiger partial charge < -0.3 is 0 Å². The van der Waals surface area contributed by atoms with Crippen LogP contribution in [0.1, 0.15) is 19.3 Å². The molecule has 58 valence electrons. The molecule has 0 unspecified atom stereocenters. The summed E-state index contributed by atoms with van der Waals surface area (Å²) in [6.45, 7) is 0. The van der Waals surface area contributed by atoms with Gasteiger partial charge >= 0.3 is 0 Å². The van der Waals surface area contributed by atoms with E-state index in [-0.39, 0.29) is 0 Å². The lowest BCUT2D eigenvalue weighted by Gasteiger charge is -2.24. The monoisotopic (exact) mass is 218 g/mol. The molecule has 0 N–H and O–H groups in total. The maximum Gasteiger partial charge on any atom is 0.154 e. The van der Waals surface area contributed by atoms with Gasteiger partial charge in [-0.05, 0) is 19.3 Å². The lowest BCUT2D eigenvalue weighted by molar-refractivity contribution is 0.683. The van der Waals surface area contributed by atoms with Crippen molar-refractivity contribution >= 4 is 46.4 Å². The summed E-state index contributed by atoms with van der Waals surface area (Å²) in [5.41, 5.74) is 0. The van der Waals surface area contributed by atoms with Crippen molar-refractivity contribution in [3.05, 3.63) is 10.1 Å². The van der Waals surface area contributed by atoms with Crippen molar-refractivity contribution < 1.29 is 0 Å². The summed E-state index contributed by atoms with van der Waals surface area (Å²) in [6.07, 6.45) is 2.38. The summed E-state index contributed by atoms with van der Waals surface area (Å²) < 4.78 is -0.934. The largest absolute Gasteiger partial charge is 0.154 e. The molecule has 4 heteroatoms. The highest BCUT2D eigenvalue weighted by atomic mass is 35.5. The smallest absolute Gasteiger partial charge is 0.0953 e. The molecular formula is C6H6Cl4. The van der Waals surface area contributed by atoms with Crippen LogP contribution < -0.4 is 0 Å². The number of rotatable bonds is 0. The third kappa shape index (κ3) is 1.73. The molecule has 0 saturated carbocycles. The summed E-state index contributed by atoms with van der Waals surface area (Å²) in [6, 6.07) is 0. The van der Waals surface area contributed by atoms with Crippen molar-refractivity contribution in [1.29, 1.82) is 0 Å². The molecule has 0 spiro atoms. The first-order valence-electron chi connectivity index (χ1n) is 2.96. The van der Waals surface area contributed by atoms with Crippen LogP contribution in [0.5, 0.6) is 0 Å². The van der Waals surface area contributed by atoms with Crippen molar-refractivity contribution in [3.8, 4) is 0 Å². The molecule has 0 atom stereocenters. The standard InChI is InChI=1S/C6H6Cl4/c7-4-2-1-3-6(9,10)5(4)8/h1-3H2. The third-order valence-electron chi connectivity index (χ3n) is 1.45. The van der Waals surface area contributed by atoms with Crippen LogP contribution in [0.15, 0.2) is 10.1 Å². The second kappa shape index (κ2) is 3.10. The highest BCUT2D eigenvalue weighted by Gasteiger charge is 2.33. The summed E-state index contributed by atoms with van der Waals surface area (Å²) in [7, 11) is 0. The zero-order chi connectivity index (χ0) is 7.78. The molecule has 0 bridgehead atoms. The van der Waals surface area contributed by atoms with Crippen molar-refractivity contribution in [3.63, 3.8) is 0 Å². The Hall–Kier alpha value is 0.900. The summed E-state index contributed by atoms with van der Waals surface area (Å²) >= 11 is 23.1. The number of hydrogen-bond donors (Lipinski definition) is 0. The van der Waals surface area contributed by atoms with E-state index >= 15 is 0 Å². The van der Waals surface area contributed by atoms with Gasteiger partial charge in [0.05, 0.1) is 5.03 Å². The van der Waals surface area contributed by atoms with Gasteiger partial charge in [0.25, 0.3) is 0 Å². The zero-order valence-corrected chi connectivity index (χ0v) is 8.16. The molecule has 0 aromatic heterocycles. The summed E-state index contributed by atoms with van der Waals surface area (Å²) in [5, 5.41) is 0.988. The van der Waals surface area contributed by atoms with Crippen LogP contribution in [0.3, 0.4) is 0 Å². The molecule has 0 heterocycles. The average Bonchev–Trinajstić information content (AvgIpc) is 1.83. The molecule has 0 nitrogen and oxygen atoms in total. The van der Waals surface area contributed by atoms with Gasteiger partial charge in [0, 0.05) is 5.03 Å². The predicted octanol–water partition coefficient (Wildman–Crippen LogP) is 4.03. The van der Waals surface area contributed by atoms with Crippen molar-refractivity contribution in [1.82, 2.24) is 0 Å². The van der Waals surface area contributed by atoms with Crippen molar-refractivity contribution in [2.24, 2.45) is 0 Å². The zero-order valence-electron chi connectivity index (χ0n) is 5.13. The SMILES string of the molecule is ClC1=C(Cl)C(Cl)(Cl)CCC1. The Bertz CT molecular complexity index is 171. The molecule has 0 aliphatic heterocycles. The van der Waals surface area contributed by atoms with E-state index in [4.69, 9.17) is 46.4 Å². The normalized spacial score (nSPS) is 25.2. The molecule has 0 aromatic rings. The minimum absolute atomic E-state index is 0.392. The fourth-order valence-electron chi connectivity index (χ4n) is 0.884. The lowest BCUT2D eigenvalue weighted by Crippen LogP contribution is -2.17. The van der Waals surface area contributed by atoms with E-state index in [0.29, 0.717) is 16.5 Å². The maximum absolute atomic E-state index is 5.81. The van der Waals surface area contributed by atoms with Crippen molar-refractivity contribution in [2.75, 3.05) is 0 Å². The second-order valence-corrected chi connectivity index (χ2v) is 4.60. The molecule has 0 saturated heterocycles. The first kappa shape index (κ1) is 8.99. The van der Waals surface area contributed by atoms with Crippen molar-refractivity contribution in [2.45, 2.75) is 23.6 Å². The summed E-state index contributed by atoms with van der Waals surface area (Å²) in [4.78, 5) is 0. The van der Waals surface area contributed by atoms with E-state index in [1.54, 1.807) is 0 Å². The van der Waals surface area contributed by atoms with Crippen LogP contribution in [0.2, 0.25) is 0 Å². The molecular weight excluding hydrogens is 214 g/mol. The van der Waals surface area contributed by atoms with E-state index in [2.05, 4.69) is 0 Å². The average molecular weight is 220 g/mol. The van der Waals surface area contributed by atoms with E-state index in [1.807, 2.05) is 0 Å². The van der Waals surface area contributed by atoms with E-state index in [0.717, 1.165) is 12.8 Å². The van der Waals surface area contributed by atoms with Gasteiger partial charge in [-0.15, -0.1) is 0 Å². The first-order valence-corrected chi connectivity index (χ1v) is 4.47. The Balaban J connectivity index is 2.89. The topological polar surface area (TPSA) is 0 Å².